The summed E-state index contributed by atoms with van der Waals surface area (Å²) in [7, 11) is 1.54. The van der Waals surface area contributed by atoms with Gasteiger partial charge in [-0.2, -0.15) is 5.10 Å². The predicted octanol–water partition coefficient (Wildman–Crippen LogP) is 3.77. The van der Waals surface area contributed by atoms with E-state index in [4.69, 9.17) is 27.9 Å². The van der Waals surface area contributed by atoms with Crippen LogP contribution in [0.5, 0.6) is 5.75 Å². The number of rotatable bonds is 4. The van der Waals surface area contributed by atoms with Crippen molar-refractivity contribution in [3.8, 4) is 5.75 Å². The van der Waals surface area contributed by atoms with Crippen LogP contribution in [0.2, 0.25) is 10.0 Å². The smallest absolute Gasteiger partial charge is 0.271 e. The molecule has 2 aromatic rings. The van der Waals surface area contributed by atoms with Crippen LogP contribution < -0.4 is 10.2 Å². The molecule has 0 radical (unpaired) electrons. The van der Waals surface area contributed by atoms with Gasteiger partial charge in [0.15, 0.2) is 0 Å². The van der Waals surface area contributed by atoms with Crippen molar-refractivity contribution in [3.63, 3.8) is 0 Å². The SMILES string of the molecule is COc1cccc(C(=O)N/N=C/c2cccc(Cl)c2Cl)c1. The maximum Gasteiger partial charge on any atom is 0.271 e. The van der Waals surface area contributed by atoms with E-state index >= 15 is 0 Å². The van der Waals surface area contributed by atoms with Crippen molar-refractivity contribution < 1.29 is 9.53 Å². The summed E-state index contributed by atoms with van der Waals surface area (Å²) in [5.74, 6) is 0.257. The molecule has 0 atom stereocenters. The molecule has 108 valence electrons. The Kier molecular flexibility index (Phi) is 5.20. The largest absolute Gasteiger partial charge is 0.497 e. The van der Waals surface area contributed by atoms with Crippen LogP contribution in [0.3, 0.4) is 0 Å². The third-order valence-corrected chi connectivity index (χ3v) is 3.52. The van der Waals surface area contributed by atoms with Gasteiger partial charge in [0.1, 0.15) is 5.75 Å². The van der Waals surface area contributed by atoms with E-state index in [0.29, 0.717) is 26.9 Å². The van der Waals surface area contributed by atoms with Crippen molar-refractivity contribution in [2.24, 2.45) is 5.10 Å². The molecule has 2 aromatic carbocycles. The Bertz CT molecular complexity index is 687. The van der Waals surface area contributed by atoms with Gasteiger partial charge in [-0.15, -0.1) is 0 Å². The highest BCUT2D eigenvalue weighted by Crippen LogP contribution is 2.24. The van der Waals surface area contributed by atoms with Crippen molar-refractivity contribution in [1.82, 2.24) is 5.43 Å². The first-order chi connectivity index (χ1) is 10.1. The first-order valence-electron chi connectivity index (χ1n) is 6.03. The molecular formula is C15H12Cl2N2O2. The first-order valence-corrected chi connectivity index (χ1v) is 6.79. The van der Waals surface area contributed by atoms with Crippen LogP contribution in [0.15, 0.2) is 47.6 Å². The van der Waals surface area contributed by atoms with E-state index in [0.717, 1.165) is 0 Å². The number of nitrogens with one attached hydrogen (secondary N) is 1. The van der Waals surface area contributed by atoms with Crippen molar-refractivity contribution in [1.29, 1.82) is 0 Å². The summed E-state index contributed by atoms with van der Waals surface area (Å²) in [5.41, 5.74) is 3.49. The molecule has 0 aliphatic rings. The van der Waals surface area contributed by atoms with E-state index < -0.39 is 0 Å². The van der Waals surface area contributed by atoms with Crippen LogP contribution in [0.25, 0.3) is 0 Å². The van der Waals surface area contributed by atoms with E-state index in [2.05, 4.69) is 10.5 Å². The third kappa shape index (κ3) is 3.97. The summed E-state index contributed by atoms with van der Waals surface area (Å²) < 4.78 is 5.06. The molecule has 0 heterocycles. The van der Waals surface area contributed by atoms with Crippen molar-refractivity contribution in [2.45, 2.75) is 0 Å². The zero-order valence-corrected chi connectivity index (χ0v) is 12.7. The summed E-state index contributed by atoms with van der Waals surface area (Å²) in [6.07, 6.45) is 1.44. The lowest BCUT2D eigenvalue weighted by atomic mass is 10.2. The van der Waals surface area contributed by atoms with Crippen molar-refractivity contribution in [2.75, 3.05) is 7.11 Å². The predicted molar refractivity (Wildman–Crippen MR) is 84.5 cm³/mol. The number of hydrogen-bond acceptors (Lipinski definition) is 3. The molecule has 0 bridgehead atoms. The van der Waals surface area contributed by atoms with Gasteiger partial charge in [-0.25, -0.2) is 5.43 Å². The number of hydrazone groups is 1. The van der Waals surface area contributed by atoms with Crippen LogP contribution in [0, 0.1) is 0 Å². The van der Waals surface area contributed by atoms with Gasteiger partial charge in [0.2, 0.25) is 0 Å². The second-order valence-electron chi connectivity index (χ2n) is 4.07. The van der Waals surface area contributed by atoms with Gasteiger partial charge in [-0.1, -0.05) is 41.4 Å². The number of amides is 1. The second kappa shape index (κ2) is 7.11. The molecule has 0 aliphatic carbocycles. The molecule has 0 spiro atoms. The number of benzene rings is 2. The zero-order chi connectivity index (χ0) is 15.2. The van der Waals surface area contributed by atoms with Crippen LogP contribution in [0.1, 0.15) is 15.9 Å². The zero-order valence-electron chi connectivity index (χ0n) is 11.1. The number of hydrogen-bond donors (Lipinski definition) is 1. The van der Waals surface area contributed by atoms with E-state index in [9.17, 15) is 4.79 Å². The molecule has 0 saturated heterocycles. The topological polar surface area (TPSA) is 50.7 Å². The lowest BCUT2D eigenvalue weighted by Gasteiger charge is -2.03. The number of halogens is 2. The van der Waals surface area contributed by atoms with Gasteiger partial charge < -0.3 is 4.74 Å². The van der Waals surface area contributed by atoms with Gasteiger partial charge in [0, 0.05) is 11.1 Å². The summed E-state index contributed by atoms with van der Waals surface area (Å²) in [6, 6.07) is 11.9. The summed E-state index contributed by atoms with van der Waals surface area (Å²) in [4.78, 5) is 11.9. The van der Waals surface area contributed by atoms with E-state index in [1.807, 2.05) is 0 Å². The van der Waals surface area contributed by atoms with Crippen molar-refractivity contribution >= 4 is 35.3 Å². The van der Waals surface area contributed by atoms with E-state index in [1.54, 1.807) is 42.5 Å². The fourth-order valence-electron chi connectivity index (χ4n) is 1.61. The lowest BCUT2D eigenvalue weighted by molar-refractivity contribution is 0.0955. The molecule has 1 N–H and O–H groups in total. The maximum atomic E-state index is 11.9. The van der Waals surface area contributed by atoms with Gasteiger partial charge in [-0.05, 0) is 24.3 Å². The monoisotopic (exact) mass is 322 g/mol. The lowest BCUT2D eigenvalue weighted by Crippen LogP contribution is -2.17. The second-order valence-corrected chi connectivity index (χ2v) is 4.86. The fourth-order valence-corrected chi connectivity index (χ4v) is 1.97. The minimum Gasteiger partial charge on any atom is -0.497 e. The number of carbonyl (C=O) groups excluding carboxylic acids is 1. The molecular weight excluding hydrogens is 311 g/mol. The number of ether oxygens (including phenoxy) is 1. The molecule has 1 amide bonds. The Morgan fingerprint density at radius 1 is 1.24 bits per heavy atom. The van der Waals surface area contributed by atoms with Crippen LogP contribution in [-0.2, 0) is 0 Å². The Morgan fingerprint density at radius 3 is 2.76 bits per heavy atom. The molecule has 0 unspecified atom stereocenters. The van der Waals surface area contributed by atoms with Crippen LogP contribution in [-0.4, -0.2) is 19.2 Å². The highest BCUT2D eigenvalue weighted by molar-refractivity contribution is 6.43. The Balaban J connectivity index is 2.06. The van der Waals surface area contributed by atoms with E-state index in [-0.39, 0.29) is 5.91 Å². The van der Waals surface area contributed by atoms with Crippen LogP contribution >= 0.6 is 23.2 Å². The fraction of sp³-hybridized carbons (Fsp3) is 0.0667. The Morgan fingerprint density at radius 2 is 2.00 bits per heavy atom. The number of carbonyl (C=O) groups is 1. The third-order valence-electron chi connectivity index (χ3n) is 2.68. The minimum atomic E-state index is -0.344. The van der Waals surface area contributed by atoms with Crippen molar-refractivity contribution in [3.05, 3.63) is 63.6 Å². The summed E-state index contributed by atoms with van der Waals surface area (Å²) in [5, 5.41) is 4.68. The molecule has 0 saturated carbocycles. The Hall–Kier alpha value is -2.04. The summed E-state index contributed by atoms with van der Waals surface area (Å²) >= 11 is 11.9. The highest BCUT2D eigenvalue weighted by atomic mass is 35.5. The number of nitrogens with zero attached hydrogens (tertiary/aromatic N) is 1. The molecule has 21 heavy (non-hydrogen) atoms. The Labute approximate surface area is 132 Å². The highest BCUT2D eigenvalue weighted by Gasteiger charge is 2.05. The van der Waals surface area contributed by atoms with Gasteiger partial charge in [0.05, 0.1) is 23.4 Å². The minimum absolute atomic E-state index is 0.344. The number of methoxy groups -OCH3 is 1. The van der Waals surface area contributed by atoms with Gasteiger partial charge >= 0.3 is 0 Å². The molecule has 0 aromatic heterocycles. The molecule has 2 rings (SSSR count). The van der Waals surface area contributed by atoms with Crippen LogP contribution in [0.4, 0.5) is 0 Å². The standard InChI is InChI=1S/C15H12Cl2N2O2/c1-21-12-6-2-4-10(8-12)15(20)19-18-9-11-5-3-7-13(16)14(11)17/h2-9H,1H3,(H,19,20)/b18-9+. The van der Waals surface area contributed by atoms with E-state index in [1.165, 1.54) is 13.3 Å². The quantitative estimate of drug-likeness (QED) is 0.688. The summed E-state index contributed by atoms with van der Waals surface area (Å²) in [6.45, 7) is 0. The first kappa shape index (κ1) is 15.4. The molecule has 0 fully saturated rings. The average Bonchev–Trinajstić information content (AvgIpc) is 2.51. The van der Waals surface area contributed by atoms with Gasteiger partial charge in [-0.3, -0.25) is 4.79 Å². The molecule has 6 heteroatoms. The normalized spacial score (nSPS) is 10.6. The van der Waals surface area contributed by atoms with Gasteiger partial charge in [0.25, 0.3) is 5.91 Å². The maximum absolute atomic E-state index is 11.9. The average molecular weight is 323 g/mol. The molecule has 0 aliphatic heterocycles. The molecule has 4 nitrogen and oxygen atoms in total.